The molecule has 1 fully saturated rings. The highest BCUT2D eigenvalue weighted by Crippen LogP contribution is 2.30. The predicted molar refractivity (Wildman–Crippen MR) is 63.2 cm³/mol. The summed E-state index contributed by atoms with van der Waals surface area (Å²) >= 11 is 0. The molecule has 1 heterocycles. The molecule has 1 aliphatic carbocycles. The van der Waals surface area contributed by atoms with E-state index >= 15 is 0 Å². The van der Waals surface area contributed by atoms with Gasteiger partial charge in [0.1, 0.15) is 0 Å². The third kappa shape index (κ3) is 2.62. The first kappa shape index (κ1) is 11.2. The highest BCUT2D eigenvalue weighted by Gasteiger charge is 2.30. The van der Waals surface area contributed by atoms with Crippen molar-refractivity contribution in [2.75, 3.05) is 5.32 Å². The van der Waals surface area contributed by atoms with Gasteiger partial charge in [0, 0.05) is 18.7 Å². The second-order valence-corrected chi connectivity index (χ2v) is 5.01. The van der Waals surface area contributed by atoms with Crippen molar-refractivity contribution in [2.45, 2.75) is 40.2 Å². The Morgan fingerprint density at radius 2 is 2.31 bits per heavy atom. The van der Waals surface area contributed by atoms with Gasteiger partial charge in [-0.05, 0) is 25.7 Å². The number of amides is 1. The monoisotopic (exact) mass is 221 g/mol. The molecule has 4 nitrogen and oxygen atoms in total. The van der Waals surface area contributed by atoms with Crippen molar-refractivity contribution in [3.05, 3.63) is 11.9 Å². The van der Waals surface area contributed by atoms with Gasteiger partial charge >= 0.3 is 0 Å². The van der Waals surface area contributed by atoms with Gasteiger partial charge in [-0.1, -0.05) is 13.8 Å². The lowest BCUT2D eigenvalue weighted by atomic mass is 10.2. The second-order valence-electron chi connectivity index (χ2n) is 5.01. The molecule has 0 radical (unpaired) electrons. The van der Waals surface area contributed by atoms with E-state index in [1.807, 2.05) is 17.8 Å². The van der Waals surface area contributed by atoms with Gasteiger partial charge in [0.15, 0.2) is 0 Å². The molecule has 0 spiro atoms. The molecule has 2 rings (SSSR count). The van der Waals surface area contributed by atoms with E-state index in [4.69, 9.17) is 0 Å². The first-order valence-electron chi connectivity index (χ1n) is 5.91. The fraction of sp³-hybridized carbons (Fsp3) is 0.667. The molecule has 0 unspecified atom stereocenters. The van der Waals surface area contributed by atoms with Crippen LogP contribution in [0, 0.1) is 18.8 Å². The van der Waals surface area contributed by atoms with Gasteiger partial charge in [-0.3, -0.25) is 9.48 Å². The van der Waals surface area contributed by atoms with E-state index in [2.05, 4.69) is 24.3 Å². The van der Waals surface area contributed by atoms with Crippen LogP contribution in [-0.2, 0) is 11.3 Å². The summed E-state index contributed by atoms with van der Waals surface area (Å²) in [5.41, 5.74) is 1.76. The molecule has 1 aromatic heterocycles. The molecule has 4 heteroatoms. The number of aromatic nitrogens is 2. The summed E-state index contributed by atoms with van der Waals surface area (Å²) in [6.45, 7) is 7.12. The van der Waals surface area contributed by atoms with Crippen molar-refractivity contribution in [3.63, 3.8) is 0 Å². The van der Waals surface area contributed by atoms with Gasteiger partial charge in [-0.15, -0.1) is 0 Å². The Bertz CT molecular complexity index is 391. The summed E-state index contributed by atoms with van der Waals surface area (Å²) in [7, 11) is 0. The number of carbonyl (C=O) groups is 1. The Balaban J connectivity index is 2.02. The SMILES string of the molecule is Cc1nn(CC(C)C)cc1NC(=O)C1CC1. The zero-order chi connectivity index (χ0) is 11.7. The van der Waals surface area contributed by atoms with Crippen molar-refractivity contribution in [3.8, 4) is 0 Å². The zero-order valence-electron chi connectivity index (χ0n) is 10.2. The van der Waals surface area contributed by atoms with Crippen molar-refractivity contribution in [2.24, 2.45) is 11.8 Å². The van der Waals surface area contributed by atoms with Crippen molar-refractivity contribution < 1.29 is 4.79 Å². The van der Waals surface area contributed by atoms with Crippen LogP contribution in [0.5, 0.6) is 0 Å². The highest BCUT2D eigenvalue weighted by molar-refractivity contribution is 5.94. The maximum absolute atomic E-state index is 11.6. The highest BCUT2D eigenvalue weighted by atomic mass is 16.2. The zero-order valence-corrected chi connectivity index (χ0v) is 10.2. The minimum atomic E-state index is 0.146. The number of hydrogen-bond donors (Lipinski definition) is 1. The molecule has 88 valence electrons. The van der Waals surface area contributed by atoms with Gasteiger partial charge in [0.25, 0.3) is 0 Å². The van der Waals surface area contributed by atoms with Crippen LogP contribution in [0.1, 0.15) is 32.4 Å². The van der Waals surface area contributed by atoms with Crippen LogP contribution in [0.15, 0.2) is 6.20 Å². The molecule has 1 amide bonds. The maximum atomic E-state index is 11.6. The number of aryl methyl sites for hydroxylation is 1. The Kier molecular flexibility index (Phi) is 2.99. The third-order valence-electron chi connectivity index (χ3n) is 2.70. The van der Waals surface area contributed by atoms with E-state index in [1.54, 1.807) is 0 Å². The van der Waals surface area contributed by atoms with E-state index in [0.717, 1.165) is 30.8 Å². The van der Waals surface area contributed by atoms with Crippen LogP contribution >= 0.6 is 0 Å². The molecule has 0 saturated heterocycles. The summed E-state index contributed by atoms with van der Waals surface area (Å²) in [5, 5.41) is 7.33. The average Bonchev–Trinajstić information content (AvgIpc) is 2.94. The number of hydrogen-bond acceptors (Lipinski definition) is 2. The van der Waals surface area contributed by atoms with Crippen LogP contribution in [0.3, 0.4) is 0 Å². The minimum absolute atomic E-state index is 0.146. The lowest BCUT2D eigenvalue weighted by molar-refractivity contribution is -0.117. The molecule has 16 heavy (non-hydrogen) atoms. The predicted octanol–water partition coefficient (Wildman–Crippen LogP) is 2.20. The van der Waals surface area contributed by atoms with Crippen LogP contribution in [-0.4, -0.2) is 15.7 Å². The lowest BCUT2D eigenvalue weighted by Gasteiger charge is -2.03. The first-order chi connectivity index (χ1) is 7.56. The first-order valence-corrected chi connectivity index (χ1v) is 5.91. The van der Waals surface area contributed by atoms with E-state index in [9.17, 15) is 4.79 Å². The summed E-state index contributed by atoms with van der Waals surface area (Å²) in [5.74, 6) is 0.950. The van der Waals surface area contributed by atoms with Crippen molar-refractivity contribution in [1.82, 2.24) is 9.78 Å². The Labute approximate surface area is 96.0 Å². The molecule has 1 aromatic rings. The number of nitrogens with one attached hydrogen (secondary N) is 1. The van der Waals surface area contributed by atoms with E-state index < -0.39 is 0 Å². The number of nitrogens with zero attached hydrogens (tertiary/aromatic N) is 2. The molecule has 1 aliphatic rings. The second kappa shape index (κ2) is 4.28. The van der Waals surface area contributed by atoms with Gasteiger partial charge < -0.3 is 5.32 Å². The van der Waals surface area contributed by atoms with Crippen LogP contribution in [0.4, 0.5) is 5.69 Å². The van der Waals surface area contributed by atoms with E-state index in [1.165, 1.54) is 0 Å². The van der Waals surface area contributed by atoms with Crippen LogP contribution < -0.4 is 5.32 Å². The van der Waals surface area contributed by atoms with Gasteiger partial charge in [0.2, 0.25) is 5.91 Å². The standard InChI is InChI=1S/C12H19N3O/c1-8(2)6-15-7-11(9(3)14-15)13-12(16)10-4-5-10/h7-8,10H,4-6H2,1-3H3,(H,13,16). The number of anilines is 1. The lowest BCUT2D eigenvalue weighted by Crippen LogP contribution is -2.13. The molecular formula is C12H19N3O. The van der Waals surface area contributed by atoms with Gasteiger partial charge in [-0.2, -0.15) is 5.10 Å². The van der Waals surface area contributed by atoms with E-state index in [-0.39, 0.29) is 11.8 Å². The number of rotatable bonds is 4. The summed E-state index contributed by atoms with van der Waals surface area (Å²) in [6.07, 6.45) is 3.99. The minimum Gasteiger partial charge on any atom is -0.323 e. The largest absolute Gasteiger partial charge is 0.323 e. The molecule has 0 atom stereocenters. The Morgan fingerprint density at radius 1 is 1.62 bits per heavy atom. The molecule has 0 bridgehead atoms. The third-order valence-corrected chi connectivity index (χ3v) is 2.70. The summed E-state index contributed by atoms with van der Waals surface area (Å²) in [4.78, 5) is 11.6. The Morgan fingerprint density at radius 3 is 2.88 bits per heavy atom. The topological polar surface area (TPSA) is 46.9 Å². The fourth-order valence-electron chi connectivity index (χ4n) is 1.69. The normalized spacial score (nSPS) is 15.5. The van der Waals surface area contributed by atoms with Crippen LogP contribution in [0.25, 0.3) is 0 Å². The Hall–Kier alpha value is -1.32. The van der Waals surface area contributed by atoms with Gasteiger partial charge in [-0.25, -0.2) is 0 Å². The summed E-state index contributed by atoms with van der Waals surface area (Å²) < 4.78 is 1.91. The average molecular weight is 221 g/mol. The quantitative estimate of drug-likeness (QED) is 0.847. The van der Waals surface area contributed by atoms with Crippen molar-refractivity contribution in [1.29, 1.82) is 0 Å². The van der Waals surface area contributed by atoms with Gasteiger partial charge in [0.05, 0.1) is 11.4 Å². The maximum Gasteiger partial charge on any atom is 0.227 e. The molecule has 1 N–H and O–H groups in total. The van der Waals surface area contributed by atoms with Crippen molar-refractivity contribution >= 4 is 11.6 Å². The fourth-order valence-corrected chi connectivity index (χ4v) is 1.69. The molecular weight excluding hydrogens is 202 g/mol. The number of carbonyl (C=O) groups excluding carboxylic acids is 1. The molecule has 0 aliphatic heterocycles. The molecule has 0 aromatic carbocycles. The summed E-state index contributed by atoms with van der Waals surface area (Å²) in [6, 6.07) is 0. The smallest absolute Gasteiger partial charge is 0.227 e. The van der Waals surface area contributed by atoms with E-state index in [0.29, 0.717) is 5.92 Å². The van der Waals surface area contributed by atoms with Crippen LogP contribution in [0.2, 0.25) is 0 Å². The molecule has 1 saturated carbocycles.